The third-order valence-electron chi connectivity index (χ3n) is 2.64. The molecule has 1 amide bonds. The van der Waals surface area contributed by atoms with Gasteiger partial charge in [0.15, 0.2) is 5.82 Å². The summed E-state index contributed by atoms with van der Waals surface area (Å²) in [5.41, 5.74) is 0. The predicted molar refractivity (Wildman–Crippen MR) is 59.4 cm³/mol. The van der Waals surface area contributed by atoms with Crippen molar-refractivity contribution >= 4 is 11.9 Å². The fourth-order valence-electron chi connectivity index (χ4n) is 1.82. The van der Waals surface area contributed by atoms with Crippen LogP contribution < -0.4 is 10.6 Å². The number of carbonyl (C=O) groups is 1. The van der Waals surface area contributed by atoms with E-state index in [1.165, 1.54) is 0 Å². The SMILES string of the molecule is CCNC1COCC1C(=O)Nc1nc(C)no1. The molecule has 1 aromatic rings. The lowest BCUT2D eigenvalue weighted by atomic mass is 10.0. The summed E-state index contributed by atoms with van der Waals surface area (Å²) in [5, 5.41) is 9.41. The highest BCUT2D eigenvalue weighted by Gasteiger charge is 2.34. The van der Waals surface area contributed by atoms with Gasteiger partial charge in [-0.2, -0.15) is 4.98 Å². The first-order valence-electron chi connectivity index (χ1n) is 5.63. The quantitative estimate of drug-likeness (QED) is 0.766. The predicted octanol–water partition coefficient (Wildman–Crippen LogP) is -0.0590. The number of anilines is 1. The Hall–Kier alpha value is -1.47. The van der Waals surface area contributed by atoms with Crippen molar-refractivity contribution in [1.82, 2.24) is 15.5 Å². The summed E-state index contributed by atoms with van der Waals surface area (Å²) in [6, 6.07) is 0.179. The highest BCUT2D eigenvalue weighted by molar-refractivity contribution is 5.91. The van der Waals surface area contributed by atoms with E-state index in [0.29, 0.717) is 19.0 Å². The van der Waals surface area contributed by atoms with Gasteiger partial charge in [0.1, 0.15) is 0 Å². The highest BCUT2D eigenvalue weighted by Crippen LogP contribution is 2.16. The Morgan fingerprint density at radius 2 is 2.35 bits per heavy atom. The van der Waals surface area contributed by atoms with Crippen molar-refractivity contribution in [3.8, 4) is 0 Å². The van der Waals surface area contributed by atoms with Crippen LogP contribution >= 0.6 is 0 Å². The molecule has 7 nitrogen and oxygen atoms in total. The van der Waals surface area contributed by atoms with E-state index in [4.69, 9.17) is 9.26 Å². The summed E-state index contributed by atoms with van der Waals surface area (Å²) in [6.07, 6.45) is 0. The Labute approximate surface area is 98.9 Å². The van der Waals surface area contributed by atoms with Gasteiger partial charge >= 0.3 is 6.01 Å². The first kappa shape index (κ1) is 12.0. The fraction of sp³-hybridized carbons (Fsp3) is 0.700. The molecule has 2 heterocycles. The minimum atomic E-state index is -0.220. The summed E-state index contributed by atoms with van der Waals surface area (Å²) in [4.78, 5) is 15.9. The normalized spacial score (nSPS) is 23.9. The highest BCUT2D eigenvalue weighted by atomic mass is 16.5. The molecule has 1 aliphatic heterocycles. The number of likely N-dealkylation sites (N-methyl/N-ethyl adjacent to an activating group) is 1. The molecule has 0 saturated carbocycles. The molecule has 1 saturated heterocycles. The number of ether oxygens (including phenoxy) is 1. The van der Waals surface area contributed by atoms with Crippen LogP contribution in [0.15, 0.2) is 4.52 Å². The van der Waals surface area contributed by atoms with Gasteiger partial charge < -0.3 is 14.6 Å². The Morgan fingerprint density at radius 3 is 3.00 bits per heavy atom. The van der Waals surface area contributed by atoms with Crippen molar-refractivity contribution in [2.24, 2.45) is 5.92 Å². The number of aryl methyl sites for hydroxylation is 1. The number of rotatable bonds is 4. The first-order valence-corrected chi connectivity index (χ1v) is 5.63. The molecule has 7 heteroatoms. The van der Waals surface area contributed by atoms with E-state index in [-0.39, 0.29) is 23.9 Å². The second kappa shape index (κ2) is 5.24. The van der Waals surface area contributed by atoms with Crippen molar-refractivity contribution in [2.45, 2.75) is 19.9 Å². The molecule has 2 unspecified atom stereocenters. The van der Waals surface area contributed by atoms with Crippen molar-refractivity contribution in [3.63, 3.8) is 0 Å². The minimum absolute atomic E-state index is 0.0454. The van der Waals surface area contributed by atoms with Crippen molar-refractivity contribution < 1.29 is 14.1 Å². The van der Waals surface area contributed by atoms with Gasteiger partial charge in [-0.1, -0.05) is 12.1 Å². The van der Waals surface area contributed by atoms with Crippen LogP contribution in [-0.2, 0) is 9.53 Å². The van der Waals surface area contributed by atoms with Crippen LogP contribution in [0.2, 0.25) is 0 Å². The van der Waals surface area contributed by atoms with Crippen LogP contribution in [0.3, 0.4) is 0 Å². The van der Waals surface area contributed by atoms with E-state index in [0.717, 1.165) is 6.54 Å². The van der Waals surface area contributed by atoms with Gasteiger partial charge in [-0.3, -0.25) is 10.1 Å². The second-order valence-corrected chi connectivity index (χ2v) is 3.94. The van der Waals surface area contributed by atoms with Crippen LogP contribution in [0.1, 0.15) is 12.7 Å². The van der Waals surface area contributed by atoms with E-state index in [2.05, 4.69) is 20.8 Å². The van der Waals surface area contributed by atoms with Gasteiger partial charge in [0, 0.05) is 6.04 Å². The Bertz CT molecular complexity index is 393. The maximum absolute atomic E-state index is 12.0. The molecule has 0 aliphatic carbocycles. The maximum atomic E-state index is 12.0. The standard InChI is InChI=1S/C10H16N4O3/c1-3-11-8-5-16-4-7(8)9(15)13-10-12-6(2)14-17-10/h7-8,11H,3-5H2,1-2H3,(H,12,13,14,15). The van der Waals surface area contributed by atoms with Gasteiger partial charge in [-0.05, 0) is 13.5 Å². The van der Waals surface area contributed by atoms with Gasteiger partial charge in [0.25, 0.3) is 0 Å². The molecule has 1 fully saturated rings. The molecule has 2 atom stereocenters. The van der Waals surface area contributed by atoms with Crippen molar-refractivity contribution in [3.05, 3.63) is 5.82 Å². The molecule has 2 N–H and O–H groups in total. The van der Waals surface area contributed by atoms with Gasteiger partial charge in [0.2, 0.25) is 5.91 Å². The van der Waals surface area contributed by atoms with E-state index in [1.807, 2.05) is 6.92 Å². The largest absolute Gasteiger partial charge is 0.379 e. The lowest BCUT2D eigenvalue weighted by Crippen LogP contribution is -2.41. The van der Waals surface area contributed by atoms with Crippen LogP contribution in [0, 0.1) is 12.8 Å². The number of hydrogen-bond donors (Lipinski definition) is 2. The zero-order valence-corrected chi connectivity index (χ0v) is 9.90. The fourth-order valence-corrected chi connectivity index (χ4v) is 1.82. The zero-order chi connectivity index (χ0) is 12.3. The Kier molecular flexibility index (Phi) is 3.70. The molecule has 0 bridgehead atoms. The van der Waals surface area contributed by atoms with Gasteiger partial charge in [-0.15, -0.1) is 0 Å². The lowest BCUT2D eigenvalue weighted by molar-refractivity contribution is -0.120. The Balaban J connectivity index is 1.95. The molecular weight excluding hydrogens is 224 g/mol. The number of nitrogens with zero attached hydrogens (tertiary/aromatic N) is 2. The molecule has 94 valence electrons. The van der Waals surface area contributed by atoms with Crippen LogP contribution in [-0.4, -0.2) is 41.8 Å². The molecule has 0 spiro atoms. The van der Waals surface area contributed by atoms with Crippen molar-refractivity contribution in [1.29, 1.82) is 0 Å². The number of amides is 1. The van der Waals surface area contributed by atoms with Gasteiger partial charge in [0.05, 0.1) is 19.1 Å². The molecule has 0 radical (unpaired) electrons. The topological polar surface area (TPSA) is 89.3 Å². The van der Waals surface area contributed by atoms with E-state index in [1.54, 1.807) is 6.92 Å². The second-order valence-electron chi connectivity index (χ2n) is 3.94. The average molecular weight is 240 g/mol. The lowest BCUT2D eigenvalue weighted by Gasteiger charge is -2.16. The van der Waals surface area contributed by atoms with E-state index < -0.39 is 0 Å². The number of carbonyl (C=O) groups excluding carboxylic acids is 1. The summed E-state index contributed by atoms with van der Waals surface area (Å²) >= 11 is 0. The Morgan fingerprint density at radius 1 is 1.53 bits per heavy atom. The average Bonchev–Trinajstić information content (AvgIpc) is 2.88. The zero-order valence-electron chi connectivity index (χ0n) is 9.90. The first-order chi connectivity index (χ1) is 8.20. The summed E-state index contributed by atoms with van der Waals surface area (Å²) < 4.78 is 10.1. The summed E-state index contributed by atoms with van der Waals surface area (Å²) in [5.74, 6) is 0.116. The molecule has 0 aromatic carbocycles. The summed E-state index contributed by atoms with van der Waals surface area (Å²) in [7, 11) is 0. The van der Waals surface area contributed by atoms with Crippen LogP contribution in [0.25, 0.3) is 0 Å². The monoisotopic (exact) mass is 240 g/mol. The smallest absolute Gasteiger partial charge is 0.328 e. The number of aromatic nitrogens is 2. The van der Waals surface area contributed by atoms with Crippen LogP contribution in [0.5, 0.6) is 0 Å². The molecule has 2 rings (SSSR count). The number of nitrogens with one attached hydrogen (secondary N) is 2. The third kappa shape index (κ3) is 2.80. The minimum Gasteiger partial charge on any atom is -0.379 e. The third-order valence-corrected chi connectivity index (χ3v) is 2.64. The van der Waals surface area contributed by atoms with E-state index >= 15 is 0 Å². The van der Waals surface area contributed by atoms with Gasteiger partial charge in [-0.25, -0.2) is 0 Å². The maximum Gasteiger partial charge on any atom is 0.328 e. The molecule has 1 aromatic heterocycles. The summed E-state index contributed by atoms with van der Waals surface area (Å²) in [6.45, 7) is 5.46. The van der Waals surface area contributed by atoms with Crippen LogP contribution in [0.4, 0.5) is 6.01 Å². The van der Waals surface area contributed by atoms with Crippen molar-refractivity contribution in [2.75, 3.05) is 25.1 Å². The molecular formula is C10H16N4O3. The molecule has 1 aliphatic rings. The number of hydrogen-bond acceptors (Lipinski definition) is 6. The molecule has 17 heavy (non-hydrogen) atoms. The van der Waals surface area contributed by atoms with E-state index in [9.17, 15) is 4.79 Å².